The number of ether oxygens (including phenoxy) is 1. The maximum Gasteiger partial charge on any atom is 0.340 e. The van der Waals surface area contributed by atoms with E-state index in [-0.39, 0.29) is 10.6 Å². The fourth-order valence-electron chi connectivity index (χ4n) is 3.21. The summed E-state index contributed by atoms with van der Waals surface area (Å²) in [5.74, 6) is -0.567. The quantitative estimate of drug-likeness (QED) is 0.443. The molecular weight excluding hydrogens is 428 g/mol. The molecule has 0 spiro atoms. The van der Waals surface area contributed by atoms with E-state index in [9.17, 15) is 9.59 Å². The molecule has 1 N–H and O–H groups in total. The van der Waals surface area contributed by atoms with Crippen LogP contribution in [0.3, 0.4) is 0 Å². The van der Waals surface area contributed by atoms with Gasteiger partial charge in [-0.1, -0.05) is 54.1 Å². The topological polar surface area (TPSA) is 86.1 Å². The molecule has 7 nitrogen and oxygen atoms in total. The van der Waals surface area contributed by atoms with Crippen LogP contribution in [0, 0.1) is 0 Å². The lowest BCUT2D eigenvalue weighted by atomic mass is 10.1. The van der Waals surface area contributed by atoms with Crippen LogP contribution in [-0.2, 0) is 11.3 Å². The van der Waals surface area contributed by atoms with E-state index >= 15 is 0 Å². The Morgan fingerprint density at radius 1 is 1.03 bits per heavy atom. The van der Waals surface area contributed by atoms with E-state index in [2.05, 4.69) is 15.4 Å². The lowest BCUT2D eigenvalue weighted by Crippen LogP contribution is -2.24. The van der Waals surface area contributed by atoms with Crippen molar-refractivity contribution in [2.75, 3.05) is 12.4 Å². The van der Waals surface area contributed by atoms with E-state index < -0.39 is 11.5 Å². The van der Waals surface area contributed by atoms with Crippen LogP contribution in [0.25, 0.3) is 16.8 Å². The smallest absolute Gasteiger partial charge is 0.340 e. The van der Waals surface area contributed by atoms with Gasteiger partial charge in [0.15, 0.2) is 0 Å². The van der Waals surface area contributed by atoms with E-state index in [1.165, 1.54) is 13.3 Å². The Balaban J connectivity index is 1.54. The molecule has 0 saturated heterocycles. The van der Waals surface area contributed by atoms with Crippen molar-refractivity contribution in [1.82, 2.24) is 14.8 Å². The average molecular weight is 447 g/mol. The molecule has 0 fully saturated rings. The summed E-state index contributed by atoms with van der Waals surface area (Å²) in [5.41, 5.74) is 3.48. The summed E-state index contributed by atoms with van der Waals surface area (Å²) in [7, 11) is 1.28. The predicted molar refractivity (Wildman–Crippen MR) is 123 cm³/mol. The van der Waals surface area contributed by atoms with Gasteiger partial charge in [0.05, 0.1) is 30.2 Å². The third-order valence-corrected chi connectivity index (χ3v) is 5.25. The van der Waals surface area contributed by atoms with Gasteiger partial charge >= 0.3 is 5.97 Å². The molecule has 4 aromatic rings. The van der Waals surface area contributed by atoms with Crippen molar-refractivity contribution >= 4 is 23.3 Å². The zero-order valence-electron chi connectivity index (χ0n) is 17.2. The van der Waals surface area contributed by atoms with Crippen molar-refractivity contribution in [2.45, 2.75) is 6.54 Å². The molecule has 0 amide bonds. The summed E-state index contributed by atoms with van der Waals surface area (Å²) >= 11 is 6.33. The molecule has 0 unspecified atom stereocenters. The Hall–Kier alpha value is -3.97. The van der Waals surface area contributed by atoms with Crippen LogP contribution in [-0.4, -0.2) is 27.8 Å². The third kappa shape index (κ3) is 4.38. The number of carbonyl (C=O) groups is 1. The number of nitrogens with zero attached hydrogens (tertiary/aromatic N) is 3. The Morgan fingerprint density at radius 3 is 2.53 bits per heavy atom. The number of esters is 1. The normalized spacial score (nSPS) is 10.6. The fourth-order valence-corrected chi connectivity index (χ4v) is 3.41. The number of methoxy groups -OCH3 is 1. The van der Waals surface area contributed by atoms with E-state index in [1.54, 1.807) is 30.5 Å². The summed E-state index contributed by atoms with van der Waals surface area (Å²) in [6.07, 6.45) is 5.01. The monoisotopic (exact) mass is 446 g/mol. The minimum atomic E-state index is -0.567. The van der Waals surface area contributed by atoms with Gasteiger partial charge in [-0.05, 0) is 34.9 Å². The largest absolute Gasteiger partial charge is 0.465 e. The van der Waals surface area contributed by atoms with Crippen LogP contribution in [0.15, 0.2) is 84.0 Å². The molecule has 8 heteroatoms. The molecule has 0 aliphatic rings. The molecule has 2 aromatic carbocycles. The number of pyridine rings is 1. The first-order valence-electron chi connectivity index (χ1n) is 9.77. The summed E-state index contributed by atoms with van der Waals surface area (Å²) in [5, 5.41) is 7.32. The predicted octanol–water partition coefficient (Wildman–Crippen LogP) is 4.35. The number of para-hydroxylation sites is 1. The molecule has 0 aliphatic heterocycles. The molecule has 2 heterocycles. The maximum absolute atomic E-state index is 12.8. The average Bonchev–Trinajstić information content (AvgIpc) is 2.85. The third-order valence-electron chi connectivity index (χ3n) is 4.89. The zero-order valence-corrected chi connectivity index (χ0v) is 17.9. The van der Waals surface area contributed by atoms with Crippen LogP contribution < -0.4 is 10.9 Å². The Labute approximate surface area is 189 Å². The molecule has 0 radical (unpaired) electrons. The molecule has 32 heavy (non-hydrogen) atoms. The number of rotatable bonds is 6. The highest BCUT2D eigenvalue weighted by atomic mass is 35.5. The first-order valence-corrected chi connectivity index (χ1v) is 10.1. The lowest BCUT2D eigenvalue weighted by molar-refractivity contribution is 0.0600. The van der Waals surface area contributed by atoms with Gasteiger partial charge in [-0.25, -0.2) is 4.79 Å². The van der Waals surface area contributed by atoms with Gasteiger partial charge in [0.2, 0.25) is 0 Å². The Kier molecular flexibility index (Phi) is 6.28. The van der Waals surface area contributed by atoms with Crippen molar-refractivity contribution in [3.05, 3.63) is 106 Å². The second-order valence-electron chi connectivity index (χ2n) is 6.89. The number of hydrogen-bond acceptors (Lipinski definition) is 6. The second kappa shape index (κ2) is 9.45. The highest BCUT2D eigenvalue weighted by Gasteiger charge is 2.17. The van der Waals surface area contributed by atoms with Gasteiger partial charge in [0.25, 0.3) is 5.56 Å². The summed E-state index contributed by atoms with van der Waals surface area (Å²) in [6.45, 7) is 0.455. The molecule has 4 rings (SSSR count). The summed E-state index contributed by atoms with van der Waals surface area (Å²) < 4.78 is 5.87. The fraction of sp³-hybridized carbons (Fsp3) is 0.0833. The standard InChI is InChI=1S/C24H19ClN4O3/c1-32-24(31)19-6-2-3-7-21(19)29-23(30)22(25)20(15-28-29)27-13-16-8-10-17(11-9-16)18-5-4-12-26-14-18/h2-12,14-15,27H,13H2,1H3. The SMILES string of the molecule is COC(=O)c1ccccc1-n1ncc(NCc2ccc(-c3cccnc3)cc2)c(Cl)c1=O. The van der Waals surface area contributed by atoms with Gasteiger partial charge in [-0.3, -0.25) is 9.78 Å². The van der Waals surface area contributed by atoms with Crippen molar-refractivity contribution in [1.29, 1.82) is 0 Å². The van der Waals surface area contributed by atoms with Crippen LogP contribution in [0.5, 0.6) is 0 Å². The minimum Gasteiger partial charge on any atom is -0.465 e. The molecular formula is C24H19ClN4O3. The highest BCUT2D eigenvalue weighted by Crippen LogP contribution is 2.21. The number of anilines is 1. The van der Waals surface area contributed by atoms with Gasteiger partial charge in [0.1, 0.15) is 5.02 Å². The molecule has 160 valence electrons. The van der Waals surface area contributed by atoms with Crippen LogP contribution in [0.2, 0.25) is 5.02 Å². The van der Waals surface area contributed by atoms with E-state index in [0.29, 0.717) is 17.9 Å². The number of benzene rings is 2. The van der Waals surface area contributed by atoms with Crippen molar-refractivity contribution < 1.29 is 9.53 Å². The maximum atomic E-state index is 12.8. The van der Waals surface area contributed by atoms with E-state index in [1.807, 2.05) is 42.6 Å². The Morgan fingerprint density at radius 2 is 1.81 bits per heavy atom. The zero-order chi connectivity index (χ0) is 22.5. The van der Waals surface area contributed by atoms with Crippen LogP contribution in [0.4, 0.5) is 5.69 Å². The molecule has 0 bridgehead atoms. The van der Waals surface area contributed by atoms with Crippen molar-refractivity contribution in [3.63, 3.8) is 0 Å². The van der Waals surface area contributed by atoms with Gasteiger partial charge in [-0.2, -0.15) is 9.78 Å². The number of hydrogen-bond donors (Lipinski definition) is 1. The first-order chi connectivity index (χ1) is 15.6. The second-order valence-corrected chi connectivity index (χ2v) is 7.27. The number of halogens is 1. The highest BCUT2D eigenvalue weighted by molar-refractivity contribution is 6.32. The lowest BCUT2D eigenvalue weighted by Gasteiger charge is -2.12. The van der Waals surface area contributed by atoms with Gasteiger partial charge < -0.3 is 10.1 Å². The minimum absolute atomic E-state index is 0.0216. The summed E-state index contributed by atoms with van der Waals surface area (Å²) in [4.78, 5) is 29.0. The Bertz CT molecular complexity index is 1310. The van der Waals surface area contributed by atoms with Crippen LogP contribution >= 0.6 is 11.6 Å². The van der Waals surface area contributed by atoms with Gasteiger partial charge in [-0.15, -0.1) is 0 Å². The number of carbonyl (C=O) groups excluding carboxylic acids is 1. The molecule has 0 saturated carbocycles. The van der Waals surface area contributed by atoms with Gasteiger partial charge in [0, 0.05) is 18.9 Å². The molecule has 0 aliphatic carbocycles. The van der Waals surface area contributed by atoms with E-state index in [4.69, 9.17) is 16.3 Å². The number of nitrogens with one attached hydrogen (secondary N) is 1. The summed E-state index contributed by atoms with van der Waals surface area (Å²) in [6, 6.07) is 18.4. The van der Waals surface area contributed by atoms with Crippen molar-refractivity contribution in [3.8, 4) is 16.8 Å². The van der Waals surface area contributed by atoms with E-state index in [0.717, 1.165) is 21.4 Å². The molecule has 0 atom stereocenters. The molecule has 2 aromatic heterocycles. The first kappa shape index (κ1) is 21.3. The van der Waals surface area contributed by atoms with Crippen LogP contribution in [0.1, 0.15) is 15.9 Å². The number of aromatic nitrogens is 3. The van der Waals surface area contributed by atoms with Crippen molar-refractivity contribution in [2.24, 2.45) is 0 Å².